The van der Waals surface area contributed by atoms with Gasteiger partial charge in [0.15, 0.2) is 5.22 Å². The molecule has 2 aromatic rings. The summed E-state index contributed by atoms with van der Waals surface area (Å²) in [5, 5.41) is 3.60. The molecule has 0 aliphatic rings. The molecule has 2 aromatic heterocycles. The lowest BCUT2D eigenvalue weighted by Crippen LogP contribution is -1.98. The Morgan fingerprint density at radius 1 is 1.33 bits per heavy atom. The quantitative estimate of drug-likeness (QED) is 0.867. The maximum absolute atomic E-state index is 5.66. The molecular weight excluding hydrogens is 212 g/mol. The molecule has 0 saturated heterocycles. The van der Waals surface area contributed by atoms with Gasteiger partial charge < -0.3 is 9.73 Å². The van der Waals surface area contributed by atoms with Crippen LogP contribution >= 0.6 is 11.6 Å². The minimum atomic E-state index is 0.411. The van der Waals surface area contributed by atoms with Gasteiger partial charge in [0.1, 0.15) is 5.76 Å². The molecular formula is C11H11ClN2O. The summed E-state index contributed by atoms with van der Waals surface area (Å²) in [5.74, 6) is 0.806. The van der Waals surface area contributed by atoms with Crippen molar-refractivity contribution in [1.82, 2.24) is 4.98 Å². The summed E-state index contributed by atoms with van der Waals surface area (Å²) in [6, 6.07) is 7.51. The monoisotopic (exact) mass is 222 g/mol. The zero-order valence-electron chi connectivity index (χ0n) is 8.33. The van der Waals surface area contributed by atoms with Gasteiger partial charge in [-0.25, -0.2) is 0 Å². The summed E-state index contributed by atoms with van der Waals surface area (Å²) in [6.45, 7) is 2.56. The number of aryl methyl sites for hydroxylation is 1. The Morgan fingerprint density at radius 2 is 2.20 bits per heavy atom. The fourth-order valence-electron chi connectivity index (χ4n) is 1.21. The summed E-state index contributed by atoms with van der Waals surface area (Å²) >= 11 is 5.66. The van der Waals surface area contributed by atoms with Gasteiger partial charge in [-0.05, 0) is 42.8 Å². The molecule has 0 amide bonds. The minimum Gasteiger partial charge on any atom is -0.448 e. The van der Waals surface area contributed by atoms with E-state index < -0.39 is 0 Å². The Hall–Kier alpha value is -1.48. The molecule has 1 N–H and O–H groups in total. The van der Waals surface area contributed by atoms with E-state index in [4.69, 9.17) is 16.0 Å². The molecule has 0 aromatic carbocycles. The highest BCUT2D eigenvalue weighted by molar-refractivity contribution is 6.28. The van der Waals surface area contributed by atoms with Gasteiger partial charge in [-0.1, -0.05) is 0 Å². The summed E-state index contributed by atoms with van der Waals surface area (Å²) in [7, 11) is 0. The average molecular weight is 223 g/mol. The lowest BCUT2D eigenvalue weighted by Gasteiger charge is -2.03. The molecule has 15 heavy (non-hydrogen) atoms. The summed E-state index contributed by atoms with van der Waals surface area (Å²) in [4.78, 5) is 4.18. The van der Waals surface area contributed by atoms with E-state index in [9.17, 15) is 0 Å². The third kappa shape index (κ3) is 2.73. The molecule has 0 atom stereocenters. The van der Waals surface area contributed by atoms with Crippen LogP contribution in [0.25, 0.3) is 0 Å². The first-order chi connectivity index (χ1) is 7.24. The maximum atomic E-state index is 5.66. The number of hydrogen-bond donors (Lipinski definition) is 1. The summed E-state index contributed by atoms with van der Waals surface area (Å²) in [6.07, 6.45) is 1.79. The zero-order chi connectivity index (χ0) is 10.7. The lowest BCUT2D eigenvalue weighted by atomic mass is 10.3. The molecule has 0 unspecified atom stereocenters. The molecule has 2 heterocycles. The Balaban J connectivity index is 1.96. The molecule has 0 aliphatic heterocycles. The van der Waals surface area contributed by atoms with Gasteiger partial charge in [-0.3, -0.25) is 4.98 Å². The third-order valence-corrected chi connectivity index (χ3v) is 2.21. The van der Waals surface area contributed by atoms with Gasteiger partial charge in [0.25, 0.3) is 0 Å². The van der Waals surface area contributed by atoms with Gasteiger partial charge in [0, 0.05) is 5.69 Å². The first-order valence-electron chi connectivity index (χ1n) is 4.65. The first kappa shape index (κ1) is 10.1. The maximum Gasteiger partial charge on any atom is 0.193 e. The first-order valence-corrected chi connectivity index (χ1v) is 5.02. The van der Waals surface area contributed by atoms with Crippen LogP contribution in [0.1, 0.15) is 11.5 Å². The van der Waals surface area contributed by atoms with Crippen LogP contribution in [0, 0.1) is 6.92 Å². The number of furan rings is 1. The SMILES string of the molecule is Cc1ccc(NCc2ccc(Cl)o2)cn1. The topological polar surface area (TPSA) is 38.1 Å². The van der Waals surface area contributed by atoms with Crippen LogP contribution in [0.5, 0.6) is 0 Å². The number of pyridine rings is 1. The van der Waals surface area contributed by atoms with Gasteiger partial charge in [0.05, 0.1) is 18.4 Å². The van der Waals surface area contributed by atoms with E-state index in [-0.39, 0.29) is 0 Å². The Bertz CT molecular complexity index is 436. The van der Waals surface area contributed by atoms with E-state index in [1.807, 2.05) is 25.1 Å². The van der Waals surface area contributed by atoms with Crippen LogP contribution in [-0.4, -0.2) is 4.98 Å². The summed E-state index contributed by atoms with van der Waals surface area (Å²) < 4.78 is 5.21. The van der Waals surface area contributed by atoms with E-state index in [2.05, 4.69) is 10.3 Å². The van der Waals surface area contributed by atoms with Crippen LogP contribution in [0.2, 0.25) is 5.22 Å². The van der Waals surface area contributed by atoms with Crippen molar-refractivity contribution < 1.29 is 4.42 Å². The van der Waals surface area contributed by atoms with Gasteiger partial charge >= 0.3 is 0 Å². The highest BCUT2D eigenvalue weighted by atomic mass is 35.5. The van der Waals surface area contributed by atoms with Crippen molar-refractivity contribution in [3.63, 3.8) is 0 Å². The second kappa shape index (κ2) is 4.36. The molecule has 0 saturated carbocycles. The van der Waals surface area contributed by atoms with Crippen molar-refractivity contribution >= 4 is 17.3 Å². The number of rotatable bonds is 3. The number of nitrogens with zero attached hydrogens (tertiary/aromatic N) is 1. The average Bonchev–Trinajstić information content (AvgIpc) is 2.64. The lowest BCUT2D eigenvalue weighted by molar-refractivity contribution is 0.520. The smallest absolute Gasteiger partial charge is 0.193 e. The van der Waals surface area contributed by atoms with Crippen LogP contribution in [0.3, 0.4) is 0 Å². The van der Waals surface area contributed by atoms with Gasteiger partial charge in [-0.2, -0.15) is 0 Å². The number of hydrogen-bond acceptors (Lipinski definition) is 3. The molecule has 78 valence electrons. The molecule has 0 spiro atoms. The molecule has 0 fully saturated rings. The second-order valence-electron chi connectivity index (χ2n) is 3.25. The van der Waals surface area contributed by atoms with Crippen molar-refractivity contribution in [2.75, 3.05) is 5.32 Å². The Kier molecular flexibility index (Phi) is 2.92. The Labute approximate surface area is 93.1 Å². The molecule has 0 bridgehead atoms. The second-order valence-corrected chi connectivity index (χ2v) is 3.62. The van der Waals surface area contributed by atoms with Crippen LogP contribution in [0.15, 0.2) is 34.9 Å². The predicted octanol–water partition coefficient (Wildman–Crippen LogP) is 3.25. The molecule has 3 nitrogen and oxygen atoms in total. The highest BCUT2D eigenvalue weighted by Crippen LogP contribution is 2.14. The molecule has 4 heteroatoms. The fourth-order valence-corrected chi connectivity index (χ4v) is 1.37. The van der Waals surface area contributed by atoms with Gasteiger partial charge in [0.2, 0.25) is 0 Å². The minimum absolute atomic E-state index is 0.411. The normalized spacial score (nSPS) is 10.3. The van der Waals surface area contributed by atoms with Crippen molar-refractivity contribution in [2.24, 2.45) is 0 Å². The van der Waals surface area contributed by atoms with Crippen molar-refractivity contribution in [1.29, 1.82) is 0 Å². The predicted molar refractivity (Wildman–Crippen MR) is 60.0 cm³/mol. The highest BCUT2D eigenvalue weighted by Gasteiger charge is 1.99. The number of halogens is 1. The zero-order valence-corrected chi connectivity index (χ0v) is 9.08. The van der Waals surface area contributed by atoms with Crippen molar-refractivity contribution in [3.05, 3.63) is 47.1 Å². The fraction of sp³-hybridized carbons (Fsp3) is 0.182. The van der Waals surface area contributed by atoms with Crippen molar-refractivity contribution in [3.8, 4) is 0 Å². The van der Waals surface area contributed by atoms with Crippen LogP contribution in [0.4, 0.5) is 5.69 Å². The number of nitrogens with one attached hydrogen (secondary N) is 1. The third-order valence-electron chi connectivity index (χ3n) is 2.01. The molecule has 0 aliphatic carbocycles. The number of anilines is 1. The summed E-state index contributed by atoms with van der Waals surface area (Å²) in [5.41, 5.74) is 1.97. The van der Waals surface area contributed by atoms with Crippen LogP contribution in [-0.2, 0) is 6.54 Å². The van der Waals surface area contributed by atoms with E-state index in [1.54, 1.807) is 12.3 Å². The van der Waals surface area contributed by atoms with Crippen molar-refractivity contribution in [2.45, 2.75) is 13.5 Å². The van der Waals surface area contributed by atoms with Gasteiger partial charge in [-0.15, -0.1) is 0 Å². The van der Waals surface area contributed by atoms with E-state index in [1.165, 1.54) is 0 Å². The van der Waals surface area contributed by atoms with E-state index in [0.29, 0.717) is 11.8 Å². The standard InChI is InChI=1S/C11H11ClN2O/c1-8-2-3-9(6-13-8)14-7-10-4-5-11(12)15-10/h2-6,14H,7H2,1H3. The molecule has 2 rings (SSSR count). The van der Waals surface area contributed by atoms with Crippen LogP contribution < -0.4 is 5.32 Å². The Morgan fingerprint density at radius 3 is 2.80 bits per heavy atom. The van der Waals surface area contributed by atoms with E-state index >= 15 is 0 Å². The number of aromatic nitrogens is 1. The largest absolute Gasteiger partial charge is 0.448 e. The molecule has 0 radical (unpaired) electrons. The van der Waals surface area contributed by atoms with E-state index in [0.717, 1.165) is 17.1 Å².